The highest BCUT2D eigenvalue weighted by Crippen LogP contribution is 2.31. The van der Waals surface area contributed by atoms with Crippen LogP contribution >= 0.6 is 0 Å². The molecule has 5 N–H and O–H groups in total. The molecule has 2 aliphatic rings. The van der Waals surface area contributed by atoms with Gasteiger partial charge in [0, 0.05) is 5.69 Å². The number of carbonyl (C=O) groups excluding carboxylic acids is 2. The van der Waals surface area contributed by atoms with E-state index in [0.717, 1.165) is 43.5 Å². The average molecular weight is 450 g/mol. The van der Waals surface area contributed by atoms with Crippen LogP contribution in [-0.2, 0) is 16.0 Å². The molecule has 1 aliphatic carbocycles. The van der Waals surface area contributed by atoms with Crippen molar-refractivity contribution in [3.63, 3.8) is 0 Å². The molecular weight excluding hydrogens is 414 g/mol. The lowest BCUT2D eigenvalue weighted by Gasteiger charge is -2.31. The van der Waals surface area contributed by atoms with Crippen molar-refractivity contribution in [3.8, 4) is 0 Å². The van der Waals surface area contributed by atoms with E-state index in [9.17, 15) is 9.59 Å². The summed E-state index contributed by atoms with van der Waals surface area (Å²) in [7, 11) is 0. The van der Waals surface area contributed by atoms with Gasteiger partial charge in [-0.05, 0) is 73.7 Å². The molecule has 0 spiro atoms. The fourth-order valence-electron chi connectivity index (χ4n) is 4.88. The summed E-state index contributed by atoms with van der Waals surface area (Å²) in [5, 5.41) is 9.28. The van der Waals surface area contributed by atoms with Crippen molar-refractivity contribution >= 4 is 17.6 Å². The Bertz CT molecular complexity index is 1000. The third kappa shape index (κ3) is 5.36. The molecule has 7 nitrogen and oxygen atoms in total. The van der Waals surface area contributed by atoms with Crippen molar-refractivity contribution in [1.29, 1.82) is 0 Å². The van der Waals surface area contributed by atoms with Gasteiger partial charge in [0.1, 0.15) is 11.9 Å². The zero-order chi connectivity index (χ0) is 23.5. The Labute approximate surface area is 195 Å². The Morgan fingerprint density at radius 1 is 1.09 bits per heavy atom. The van der Waals surface area contributed by atoms with Gasteiger partial charge in [-0.25, -0.2) is 4.98 Å². The van der Waals surface area contributed by atoms with Crippen LogP contribution in [0.3, 0.4) is 0 Å². The number of hydrogen-bond donors (Lipinski definition) is 4. The topological polar surface area (TPSA) is 109 Å². The molecule has 4 atom stereocenters. The summed E-state index contributed by atoms with van der Waals surface area (Å²) in [4.78, 5) is 30.1. The number of nitrogens with zero attached hydrogens (tertiary/aromatic N) is 1. The van der Waals surface area contributed by atoms with E-state index in [4.69, 9.17) is 5.73 Å². The van der Waals surface area contributed by atoms with E-state index in [1.54, 1.807) is 13.0 Å². The van der Waals surface area contributed by atoms with Crippen LogP contribution in [0.2, 0.25) is 0 Å². The van der Waals surface area contributed by atoms with E-state index in [2.05, 4.69) is 59.0 Å². The van der Waals surface area contributed by atoms with Gasteiger partial charge in [0.2, 0.25) is 11.8 Å². The molecule has 1 aliphatic heterocycles. The molecule has 2 heterocycles. The quantitative estimate of drug-likeness (QED) is 0.542. The zero-order valence-electron chi connectivity index (χ0n) is 19.7. The molecule has 33 heavy (non-hydrogen) atoms. The minimum absolute atomic E-state index is 0.0917. The summed E-state index contributed by atoms with van der Waals surface area (Å²) in [5.74, 6) is 1.03. The first-order chi connectivity index (χ1) is 15.8. The number of piperidine rings is 1. The second kappa shape index (κ2) is 9.91. The van der Waals surface area contributed by atoms with Gasteiger partial charge in [0.15, 0.2) is 0 Å². The highest BCUT2D eigenvalue weighted by atomic mass is 16.2. The minimum atomic E-state index is -0.615. The van der Waals surface area contributed by atoms with Gasteiger partial charge in [-0.3, -0.25) is 9.59 Å². The van der Waals surface area contributed by atoms with Crippen LogP contribution in [0.1, 0.15) is 80.3 Å². The maximum atomic E-state index is 12.9. The first-order valence-corrected chi connectivity index (χ1v) is 12.0. The van der Waals surface area contributed by atoms with Gasteiger partial charge in [-0.1, -0.05) is 44.2 Å². The van der Waals surface area contributed by atoms with E-state index >= 15 is 0 Å². The number of nitrogens with two attached hydrogens (primary N) is 1. The van der Waals surface area contributed by atoms with E-state index in [-0.39, 0.29) is 23.9 Å². The largest absolute Gasteiger partial charge is 0.384 e. The summed E-state index contributed by atoms with van der Waals surface area (Å²) in [6, 6.07) is 11.4. The highest BCUT2D eigenvalue weighted by molar-refractivity contribution is 5.89. The number of amides is 2. The molecule has 7 heteroatoms. The van der Waals surface area contributed by atoms with Crippen molar-refractivity contribution in [2.24, 2.45) is 0 Å². The van der Waals surface area contributed by atoms with Crippen LogP contribution < -0.4 is 21.7 Å². The molecule has 1 aromatic carbocycles. The lowest BCUT2D eigenvalue weighted by molar-refractivity contribution is -0.130. The standard InChI is InChI=1S/C26H35N5O2/c1-15(2)17-4-6-18(7-5-17)19-12-13-28-23(14-19)26(33)29-16(3)25(32)31-22-10-9-21-20(22)8-11-24(27)30-21/h4-8,11,15-16,19,22-23,28H,9-10,12-14H2,1-3H3,(H2,27,30)(H,29,33)(H,31,32)/t16-,19+,22?,23+/m0/s1. The van der Waals surface area contributed by atoms with E-state index < -0.39 is 6.04 Å². The molecule has 0 radical (unpaired) electrons. The fraction of sp³-hybridized carbons (Fsp3) is 0.500. The molecule has 2 amide bonds. The molecule has 176 valence electrons. The Balaban J connectivity index is 1.31. The summed E-state index contributed by atoms with van der Waals surface area (Å²) >= 11 is 0. The number of anilines is 1. The minimum Gasteiger partial charge on any atom is -0.384 e. The monoisotopic (exact) mass is 449 g/mol. The van der Waals surface area contributed by atoms with Crippen LogP contribution in [0.4, 0.5) is 5.82 Å². The Hall–Kier alpha value is -2.93. The smallest absolute Gasteiger partial charge is 0.242 e. The number of carbonyl (C=O) groups is 2. The number of hydrogen-bond acceptors (Lipinski definition) is 5. The number of aromatic nitrogens is 1. The summed E-state index contributed by atoms with van der Waals surface area (Å²) in [6.07, 6.45) is 3.31. The highest BCUT2D eigenvalue weighted by Gasteiger charge is 2.31. The second-order valence-corrected chi connectivity index (χ2v) is 9.65. The second-order valence-electron chi connectivity index (χ2n) is 9.65. The van der Waals surface area contributed by atoms with E-state index in [1.165, 1.54) is 11.1 Å². The number of rotatable bonds is 6. The molecule has 1 fully saturated rings. The van der Waals surface area contributed by atoms with Crippen molar-refractivity contribution < 1.29 is 9.59 Å². The van der Waals surface area contributed by atoms with E-state index in [1.807, 2.05) is 6.07 Å². The molecule has 2 aromatic rings. The lowest BCUT2D eigenvalue weighted by Crippen LogP contribution is -2.53. The van der Waals surface area contributed by atoms with Crippen LogP contribution in [0.5, 0.6) is 0 Å². The van der Waals surface area contributed by atoms with Gasteiger partial charge in [0.05, 0.1) is 12.1 Å². The van der Waals surface area contributed by atoms with Crippen LogP contribution in [0.25, 0.3) is 0 Å². The molecule has 1 unspecified atom stereocenters. The number of pyridine rings is 1. The van der Waals surface area contributed by atoms with Gasteiger partial charge < -0.3 is 21.7 Å². The van der Waals surface area contributed by atoms with Gasteiger partial charge in [-0.2, -0.15) is 0 Å². The fourth-order valence-corrected chi connectivity index (χ4v) is 4.88. The first kappa shape index (κ1) is 23.2. The molecule has 1 aromatic heterocycles. The van der Waals surface area contributed by atoms with Gasteiger partial charge in [-0.15, -0.1) is 0 Å². The van der Waals surface area contributed by atoms with Crippen molar-refractivity contribution in [2.75, 3.05) is 12.3 Å². The Kier molecular flexibility index (Phi) is 6.98. The molecule has 1 saturated heterocycles. The van der Waals surface area contributed by atoms with Crippen molar-refractivity contribution in [2.45, 2.75) is 76.4 Å². The predicted octanol–water partition coefficient (Wildman–Crippen LogP) is 2.93. The summed E-state index contributed by atoms with van der Waals surface area (Å²) in [6.45, 7) is 6.89. The molecular formula is C26H35N5O2. The maximum absolute atomic E-state index is 12.9. The predicted molar refractivity (Wildman–Crippen MR) is 130 cm³/mol. The summed E-state index contributed by atoms with van der Waals surface area (Å²) in [5.41, 5.74) is 10.3. The number of fused-ring (bicyclic) bond motifs is 1. The van der Waals surface area contributed by atoms with Gasteiger partial charge >= 0.3 is 0 Å². The Morgan fingerprint density at radius 3 is 2.58 bits per heavy atom. The molecule has 4 rings (SSSR count). The SMILES string of the molecule is CC(C)c1ccc([C@@H]2CCN[C@@H](C(=O)N[C@@H](C)C(=O)NC3CCc4nc(N)ccc43)C2)cc1. The number of aryl methyl sites for hydroxylation is 1. The van der Waals surface area contributed by atoms with Crippen LogP contribution in [-0.4, -0.2) is 35.4 Å². The third-order valence-corrected chi connectivity index (χ3v) is 6.94. The van der Waals surface area contributed by atoms with Crippen LogP contribution in [0.15, 0.2) is 36.4 Å². The molecule has 0 bridgehead atoms. The Morgan fingerprint density at radius 2 is 1.85 bits per heavy atom. The van der Waals surface area contributed by atoms with Crippen molar-refractivity contribution in [3.05, 3.63) is 58.8 Å². The average Bonchev–Trinajstić information content (AvgIpc) is 3.20. The number of nitrogens with one attached hydrogen (secondary N) is 3. The summed E-state index contributed by atoms with van der Waals surface area (Å²) < 4.78 is 0. The maximum Gasteiger partial charge on any atom is 0.242 e. The number of benzene rings is 1. The van der Waals surface area contributed by atoms with E-state index in [0.29, 0.717) is 17.7 Å². The van der Waals surface area contributed by atoms with Gasteiger partial charge in [0.25, 0.3) is 0 Å². The third-order valence-electron chi connectivity index (χ3n) is 6.94. The first-order valence-electron chi connectivity index (χ1n) is 12.0. The van der Waals surface area contributed by atoms with Crippen LogP contribution in [0, 0.1) is 0 Å². The van der Waals surface area contributed by atoms with Crippen molar-refractivity contribution in [1.82, 2.24) is 20.9 Å². The molecule has 0 saturated carbocycles. The lowest BCUT2D eigenvalue weighted by atomic mass is 9.85. The zero-order valence-corrected chi connectivity index (χ0v) is 19.7. The normalized spacial score (nSPS) is 23.1. The number of nitrogen functional groups attached to an aromatic ring is 1.